The predicted octanol–water partition coefficient (Wildman–Crippen LogP) is 3.39. The molecule has 0 fully saturated rings. The first-order valence-corrected chi connectivity index (χ1v) is 9.61. The summed E-state index contributed by atoms with van der Waals surface area (Å²) in [6, 6.07) is 9.23. The van der Waals surface area contributed by atoms with Crippen LogP contribution in [-0.4, -0.2) is 35.9 Å². The minimum atomic E-state index is -0.328. The summed E-state index contributed by atoms with van der Waals surface area (Å²) in [5, 5.41) is 11.3. The van der Waals surface area contributed by atoms with Gasteiger partial charge in [-0.1, -0.05) is 24.6 Å². The quantitative estimate of drug-likeness (QED) is 0.541. The minimum Gasteiger partial charge on any atom is -0.296 e. The monoisotopic (exact) mass is 391 g/mol. The summed E-state index contributed by atoms with van der Waals surface area (Å²) in [6.45, 7) is 2.11. The van der Waals surface area contributed by atoms with Crippen LogP contribution >= 0.6 is 11.3 Å². The molecule has 1 N–H and O–H groups in total. The number of aromatic nitrogens is 6. The first-order chi connectivity index (χ1) is 13.8. The molecule has 0 atom stereocenters. The van der Waals surface area contributed by atoms with E-state index < -0.39 is 0 Å². The van der Waals surface area contributed by atoms with Crippen molar-refractivity contribution in [3.8, 4) is 17.1 Å². The lowest BCUT2D eigenvalue weighted by Gasteiger charge is -2.05. The number of thiazole rings is 1. The molecule has 0 aromatic carbocycles. The largest absolute Gasteiger partial charge is 0.296 e. The van der Waals surface area contributed by atoms with Crippen LogP contribution in [0.25, 0.3) is 17.1 Å². The normalized spacial score (nSPS) is 10.8. The van der Waals surface area contributed by atoms with Crippen molar-refractivity contribution in [1.29, 1.82) is 0 Å². The maximum atomic E-state index is 12.8. The van der Waals surface area contributed by atoms with Gasteiger partial charge in [-0.15, -0.1) is 16.4 Å². The summed E-state index contributed by atoms with van der Waals surface area (Å²) < 4.78 is 1.47. The molecule has 0 aliphatic carbocycles. The smallest absolute Gasteiger partial charge is 0.277 e. The minimum absolute atomic E-state index is 0.317. The second-order valence-electron chi connectivity index (χ2n) is 5.95. The van der Waals surface area contributed by atoms with Crippen molar-refractivity contribution in [1.82, 2.24) is 29.9 Å². The van der Waals surface area contributed by atoms with Gasteiger partial charge in [0.25, 0.3) is 5.91 Å². The zero-order valence-electron chi connectivity index (χ0n) is 15.1. The number of nitrogens with zero attached hydrogens (tertiary/aromatic N) is 6. The molecule has 4 aromatic rings. The van der Waals surface area contributed by atoms with E-state index in [0.717, 1.165) is 29.1 Å². The van der Waals surface area contributed by atoms with Crippen molar-refractivity contribution < 1.29 is 4.79 Å². The highest BCUT2D eigenvalue weighted by Crippen LogP contribution is 2.31. The van der Waals surface area contributed by atoms with Gasteiger partial charge in [0, 0.05) is 23.5 Å². The molecule has 1 amide bonds. The van der Waals surface area contributed by atoms with E-state index in [1.807, 2.05) is 18.2 Å². The Morgan fingerprint density at radius 3 is 2.79 bits per heavy atom. The van der Waals surface area contributed by atoms with Crippen molar-refractivity contribution in [3.63, 3.8) is 0 Å². The number of rotatable bonds is 6. The zero-order chi connectivity index (χ0) is 19.3. The highest BCUT2D eigenvalue weighted by Gasteiger charge is 2.19. The average Bonchev–Trinajstić information content (AvgIpc) is 3.37. The molecular formula is C19H17N7OS. The van der Waals surface area contributed by atoms with Gasteiger partial charge in [-0.2, -0.15) is 0 Å². The second kappa shape index (κ2) is 8.05. The van der Waals surface area contributed by atoms with E-state index in [2.05, 4.69) is 37.5 Å². The van der Waals surface area contributed by atoms with Crippen LogP contribution in [0.15, 0.2) is 55.1 Å². The summed E-state index contributed by atoms with van der Waals surface area (Å²) in [6.07, 6.45) is 8.28. The van der Waals surface area contributed by atoms with Crippen molar-refractivity contribution in [2.75, 3.05) is 5.32 Å². The number of anilines is 1. The Morgan fingerprint density at radius 1 is 1.18 bits per heavy atom. The summed E-state index contributed by atoms with van der Waals surface area (Å²) >= 11 is 1.46. The Balaban J connectivity index is 1.62. The molecule has 0 spiro atoms. The number of aryl methyl sites for hydroxylation is 1. The van der Waals surface area contributed by atoms with Gasteiger partial charge in [-0.3, -0.25) is 20.1 Å². The maximum absolute atomic E-state index is 12.8. The van der Waals surface area contributed by atoms with Crippen LogP contribution in [0.4, 0.5) is 5.13 Å². The molecule has 9 heteroatoms. The van der Waals surface area contributed by atoms with E-state index in [4.69, 9.17) is 0 Å². The lowest BCUT2D eigenvalue weighted by atomic mass is 10.2. The Hall–Kier alpha value is -3.46. The molecule has 4 aromatic heterocycles. The van der Waals surface area contributed by atoms with E-state index in [1.165, 1.54) is 22.2 Å². The summed E-state index contributed by atoms with van der Waals surface area (Å²) in [5.74, 6) is -0.328. The molecule has 4 rings (SSSR count). The maximum Gasteiger partial charge on any atom is 0.277 e. The van der Waals surface area contributed by atoms with Gasteiger partial charge < -0.3 is 0 Å². The highest BCUT2D eigenvalue weighted by molar-refractivity contribution is 7.16. The van der Waals surface area contributed by atoms with Crippen molar-refractivity contribution in [3.05, 3.63) is 65.7 Å². The highest BCUT2D eigenvalue weighted by atomic mass is 32.1. The fourth-order valence-electron chi connectivity index (χ4n) is 2.73. The topological polar surface area (TPSA) is 98.5 Å². The summed E-state index contributed by atoms with van der Waals surface area (Å²) in [7, 11) is 0. The third kappa shape index (κ3) is 3.65. The number of carbonyl (C=O) groups excluding carboxylic acids is 1. The van der Waals surface area contributed by atoms with Gasteiger partial charge in [-0.25, -0.2) is 9.67 Å². The lowest BCUT2D eigenvalue weighted by molar-refractivity contribution is 0.101. The van der Waals surface area contributed by atoms with E-state index in [0.29, 0.717) is 16.5 Å². The first-order valence-electron chi connectivity index (χ1n) is 8.80. The van der Waals surface area contributed by atoms with Crippen molar-refractivity contribution in [2.45, 2.75) is 19.8 Å². The molecule has 0 saturated carbocycles. The molecule has 0 unspecified atom stereocenters. The number of nitrogens with one attached hydrogen (secondary N) is 1. The molecule has 4 heterocycles. The van der Waals surface area contributed by atoms with Crippen LogP contribution in [0.1, 0.15) is 28.7 Å². The third-order valence-corrected chi connectivity index (χ3v) is 5.02. The third-order valence-electron chi connectivity index (χ3n) is 3.99. The molecule has 8 nitrogen and oxygen atoms in total. The van der Waals surface area contributed by atoms with Crippen LogP contribution in [0.5, 0.6) is 0 Å². The van der Waals surface area contributed by atoms with Gasteiger partial charge in [0.05, 0.1) is 17.6 Å². The Labute approximate surface area is 165 Å². The average molecular weight is 391 g/mol. The number of amides is 1. The van der Waals surface area contributed by atoms with E-state index in [9.17, 15) is 4.79 Å². The number of hydrogen-bond donors (Lipinski definition) is 1. The fourth-order valence-corrected chi connectivity index (χ4v) is 3.80. The van der Waals surface area contributed by atoms with Crippen LogP contribution in [-0.2, 0) is 6.42 Å². The molecule has 28 heavy (non-hydrogen) atoms. The fraction of sp³-hybridized carbons (Fsp3) is 0.158. The first kappa shape index (κ1) is 17.9. The second-order valence-corrected chi connectivity index (χ2v) is 7.03. The van der Waals surface area contributed by atoms with Gasteiger partial charge in [0.2, 0.25) is 0 Å². The van der Waals surface area contributed by atoms with Gasteiger partial charge in [0.1, 0.15) is 5.69 Å². The molecule has 0 aliphatic rings. The van der Waals surface area contributed by atoms with E-state index in [1.54, 1.807) is 30.7 Å². The van der Waals surface area contributed by atoms with Gasteiger partial charge >= 0.3 is 0 Å². The van der Waals surface area contributed by atoms with Gasteiger partial charge in [-0.05, 0) is 30.7 Å². The number of carbonyl (C=O) groups is 1. The SMILES string of the molecule is CCCc1sc(NC(=O)c2cnnn2-c2ccncc2)nc1-c1ccccn1. The Bertz CT molecular complexity index is 1080. The Morgan fingerprint density at radius 2 is 2.04 bits per heavy atom. The predicted molar refractivity (Wildman–Crippen MR) is 106 cm³/mol. The van der Waals surface area contributed by atoms with Crippen molar-refractivity contribution in [2.24, 2.45) is 0 Å². The van der Waals surface area contributed by atoms with Crippen molar-refractivity contribution >= 4 is 22.4 Å². The molecular weight excluding hydrogens is 374 g/mol. The van der Waals surface area contributed by atoms with E-state index in [-0.39, 0.29) is 5.91 Å². The Kier molecular flexibility index (Phi) is 5.16. The summed E-state index contributed by atoms with van der Waals surface area (Å²) in [5.41, 5.74) is 2.63. The van der Waals surface area contributed by atoms with Crippen LogP contribution < -0.4 is 5.32 Å². The number of hydrogen-bond acceptors (Lipinski definition) is 7. The molecule has 0 radical (unpaired) electrons. The zero-order valence-corrected chi connectivity index (χ0v) is 15.9. The molecule has 0 bridgehead atoms. The van der Waals surface area contributed by atoms with Crippen LogP contribution in [0.3, 0.4) is 0 Å². The molecule has 0 aliphatic heterocycles. The standard InChI is InChI=1S/C19H17N7OS/c1-2-5-16-17(14-6-3-4-9-21-14)23-19(28-16)24-18(27)15-12-22-25-26(15)13-7-10-20-11-8-13/h3-4,6-12H,2,5H2,1H3,(H,23,24,27). The number of pyridine rings is 2. The van der Waals surface area contributed by atoms with E-state index >= 15 is 0 Å². The van der Waals surface area contributed by atoms with Crippen LogP contribution in [0, 0.1) is 0 Å². The van der Waals surface area contributed by atoms with Gasteiger partial charge in [0.15, 0.2) is 10.8 Å². The lowest BCUT2D eigenvalue weighted by Crippen LogP contribution is -2.16. The summed E-state index contributed by atoms with van der Waals surface area (Å²) in [4.78, 5) is 26.9. The van der Waals surface area contributed by atoms with Crippen LogP contribution in [0.2, 0.25) is 0 Å². The molecule has 140 valence electrons. The molecule has 0 saturated heterocycles.